The van der Waals surface area contributed by atoms with E-state index in [4.69, 9.17) is 4.74 Å². The summed E-state index contributed by atoms with van der Waals surface area (Å²) in [6.45, 7) is 1.95. The van der Waals surface area contributed by atoms with Crippen LogP contribution in [0, 0.1) is 0 Å². The van der Waals surface area contributed by atoms with Gasteiger partial charge in [-0.2, -0.15) is 0 Å². The minimum atomic E-state index is -0.0561. The van der Waals surface area contributed by atoms with Crippen LogP contribution in [0.3, 0.4) is 0 Å². The summed E-state index contributed by atoms with van der Waals surface area (Å²) in [6, 6.07) is 0.529. The van der Waals surface area contributed by atoms with E-state index in [1.807, 2.05) is 6.92 Å². The molecule has 2 aliphatic rings. The highest BCUT2D eigenvalue weighted by molar-refractivity contribution is 5.77. The fourth-order valence-electron chi connectivity index (χ4n) is 2.27. The molecule has 0 aromatic carbocycles. The topological polar surface area (TPSA) is 38.3 Å². The molecule has 1 aliphatic carbocycles. The number of esters is 1. The number of carbonyl (C=O) groups is 1. The van der Waals surface area contributed by atoms with Crippen LogP contribution in [0.25, 0.3) is 0 Å². The molecule has 0 amide bonds. The third-order valence-corrected chi connectivity index (χ3v) is 2.96. The van der Waals surface area contributed by atoms with Crippen molar-refractivity contribution in [3.63, 3.8) is 0 Å². The summed E-state index contributed by atoms with van der Waals surface area (Å²) >= 11 is 0. The lowest BCUT2D eigenvalue weighted by atomic mass is 10.1. The van der Waals surface area contributed by atoms with Gasteiger partial charge in [0.15, 0.2) is 0 Å². The Morgan fingerprint density at radius 2 is 2.08 bits per heavy atom. The van der Waals surface area contributed by atoms with Gasteiger partial charge in [-0.25, -0.2) is 0 Å². The molecule has 1 saturated heterocycles. The van der Waals surface area contributed by atoms with E-state index in [0.717, 1.165) is 6.42 Å². The highest BCUT2D eigenvalue weighted by Gasteiger charge is 2.33. The first-order chi connectivity index (χ1) is 6.25. The molecule has 3 nitrogen and oxygen atoms in total. The van der Waals surface area contributed by atoms with Gasteiger partial charge >= 0.3 is 5.97 Å². The predicted molar refractivity (Wildman–Crippen MR) is 49.4 cm³/mol. The van der Waals surface area contributed by atoms with Crippen LogP contribution in [0.15, 0.2) is 0 Å². The Morgan fingerprint density at radius 3 is 2.62 bits per heavy atom. The first-order valence-electron chi connectivity index (χ1n) is 5.22. The van der Waals surface area contributed by atoms with E-state index < -0.39 is 0 Å². The van der Waals surface area contributed by atoms with Gasteiger partial charge < -0.3 is 10.1 Å². The minimum Gasteiger partial charge on any atom is -0.461 e. The zero-order valence-electron chi connectivity index (χ0n) is 8.08. The molecule has 1 aliphatic heterocycles. The molecule has 0 aromatic rings. The van der Waals surface area contributed by atoms with Crippen LogP contribution in [-0.2, 0) is 9.53 Å². The molecular formula is C10H17NO2. The molecule has 3 heteroatoms. The van der Waals surface area contributed by atoms with Gasteiger partial charge in [-0.15, -0.1) is 0 Å². The summed E-state index contributed by atoms with van der Waals surface area (Å²) in [7, 11) is 0. The number of ether oxygens (including phenoxy) is 1. The van der Waals surface area contributed by atoms with Gasteiger partial charge in [0.05, 0.1) is 0 Å². The number of carbonyl (C=O) groups excluding carboxylic acids is 1. The quantitative estimate of drug-likeness (QED) is 0.654. The van der Waals surface area contributed by atoms with Crippen molar-refractivity contribution in [2.45, 2.75) is 57.2 Å². The number of rotatable bonds is 2. The molecule has 1 heterocycles. The third kappa shape index (κ3) is 2.02. The molecule has 0 bridgehead atoms. The molecule has 1 saturated carbocycles. The van der Waals surface area contributed by atoms with Crippen molar-refractivity contribution in [1.82, 2.24) is 5.32 Å². The average Bonchev–Trinajstić information content (AvgIpc) is 2.63. The van der Waals surface area contributed by atoms with Gasteiger partial charge in [-0.1, -0.05) is 12.8 Å². The van der Waals surface area contributed by atoms with Gasteiger partial charge in [-0.05, 0) is 19.8 Å². The smallest absolute Gasteiger partial charge is 0.323 e. The fraction of sp³-hybridized carbons (Fsp3) is 0.900. The summed E-state index contributed by atoms with van der Waals surface area (Å²) < 4.78 is 5.08. The third-order valence-electron chi connectivity index (χ3n) is 2.96. The zero-order valence-corrected chi connectivity index (χ0v) is 8.08. The molecule has 74 valence electrons. The predicted octanol–water partition coefficient (Wildman–Crippen LogP) is 1.22. The van der Waals surface area contributed by atoms with E-state index in [-0.39, 0.29) is 18.1 Å². The van der Waals surface area contributed by atoms with Gasteiger partial charge in [-0.3, -0.25) is 4.79 Å². The van der Waals surface area contributed by atoms with Crippen LogP contribution >= 0.6 is 0 Å². The van der Waals surface area contributed by atoms with E-state index in [1.54, 1.807) is 0 Å². The lowest BCUT2D eigenvalue weighted by molar-refractivity contribution is -0.142. The lowest BCUT2D eigenvalue weighted by Gasteiger charge is -2.14. The fourth-order valence-corrected chi connectivity index (χ4v) is 2.27. The second-order valence-corrected chi connectivity index (χ2v) is 4.18. The highest BCUT2D eigenvalue weighted by atomic mass is 16.6. The molecule has 0 spiro atoms. The summed E-state index contributed by atoms with van der Waals surface area (Å²) in [6.07, 6.45) is 5.99. The van der Waals surface area contributed by atoms with Crippen LogP contribution in [0.4, 0.5) is 0 Å². The maximum absolute atomic E-state index is 11.3. The van der Waals surface area contributed by atoms with Crippen molar-refractivity contribution in [2.24, 2.45) is 0 Å². The number of cyclic esters (lactones) is 1. The average molecular weight is 183 g/mol. The standard InChI is InChI=1S/C10H17NO2/c1-7-6-9(10(12)13-7)11-8-4-2-3-5-8/h7-9,11H,2-6H2,1H3. The molecule has 1 N–H and O–H groups in total. The van der Waals surface area contributed by atoms with Crippen molar-refractivity contribution in [1.29, 1.82) is 0 Å². The van der Waals surface area contributed by atoms with E-state index in [9.17, 15) is 4.79 Å². The number of nitrogens with one attached hydrogen (secondary N) is 1. The van der Waals surface area contributed by atoms with E-state index in [2.05, 4.69) is 5.32 Å². The van der Waals surface area contributed by atoms with Crippen LogP contribution in [0.2, 0.25) is 0 Å². The molecule has 2 fully saturated rings. The Labute approximate surface area is 78.8 Å². The number of hydrogen-bond donors (Lipinski definition) is 1. The Morgan fingerprint density at radius 1 is 1.38 bits per heavy atom. The van der Waals surface area contributed by atoms with Gasteiger partial charge in [0.1, 0.15) is 12.1 Å². The lowest BCUT2D eigenvalue weighted by Crippen LogP contribution is -2.39. The van der Waals surface area contributed by atoms with Crippen LogP contribution in [0.1, 0.15) is 39.0 Å². The number of hydrogen-bond acceptors (Lipinski definition) is 3. The maximum Gasteiger partial charge on any atom is 0.323 e. The Bertz CT molecular complexity index is 199. The van der Waals surface area contributed by atoms with Gasteiger partial charge in [0, 0.05) is 12.5 Å². The molecule has 2 unspecified atom stereocenters. The van der Waals surface area contributed by atoms with Crippen molar-refractivity contribution in [3.8, 4) is 0 Å². The normalized spacial score (nSPS) is 35.3. The molecule has 2 rings (SSSR count). The van der Waals surface area contributed by atoms with E-state index in [1.165, 1.54) is 25.7 Å². The molecular weight excluding hydrogens is 166 g/mol. The summed E-state index contributed by atoms with van der Waals surface area (Å²) in [5, 5.41) is 3.38. The zero-order chi connectivity index (χ0) is 9.26. The Kier molecular flexibility index (Phi) is 2.54. The van der Waals surface area contributed by atoms with Crippen molar-refractivity contribution >= 4 is 5.97 Å². The van der Waals surface area contributed by atoms with Crippen molar-refractivity contribution in [2.75, 3.05) is 0 Å². The SMILES string of the molecule is CC1CC(NC2CCCC2)C(=O)O1. The summed E-state index contributed by atoms with van der Waals surface area (Å²) in [5.74, 6) is -0.0561. The molecule has 0 aromatic heterocycles. The first-order valence-corrected chi connectivity index (χ1v) is 5.22. The Hall–Kier alpha value is -0.570. The molecule has 13 heavy (non-hydrogen) atoms. The van der Waals surface area contributed by atoms with Crippen molar-refractivity contribution in [3.05, 3.63) is 0 Å². The first kappa shape index (κ1) is 9.00. The van der Waals surface area contributed by atoms with E-state index in [0.29, 0.717) is 6.04 Å². The molecule has 0 radical (unpaired) electrons. The minimum absolute atomic E-state index is 0.0295. The van der Waals surface area contributed by atoms with Gasteiger partial charge in [0.25, 0.3) is 0 Å². The Balaban J connectivity index is 1.83. The van der Waals surface area contributed by atoms with E-state index >= 15 is 0 Å². The van der Waals surface area contributed by atoms with Gasteiger partial charge in [0.2, 0.25) is 0 Å². The highest BCUT2D eigenvalue weighted by Crippen LogP contribution is 2.21. The van der Waals surface area contributed by atoms with Crippen molar-refractivity contribution < 1.29 is 9.53 Å². The van der Waals surface area contributed by atoms with Crippen LogP contribution in [0.5, 0.6) is 0 Å². The second kappa shape index (κ2) is 3.66. The summed E-state index contributed by atoms with van der Waals surface area (Å²) in [4.78, 5) is 11.3. The summed E-state index contributed by atoms with van der Waals surface area (Å²) in [5.41, 5.74) is 0. The monoisotopic (exact) mass is 183 g/mol. The molecule has 2 atom stereocenters. The van der Waals surface area contributed by atoms with Crippen LogP contribution < -0.4 is 5.32 Å². The van der Waals surface area contributed by atoms with Crippen LogP contribution in [-0.4, -0.2) is 24.2 Å². The second-order valence-electron chi connectivity index (χ2n) is 4.18. The largest absolute Gasteiger partial charge is 0.461 e. The maximum atomic E-state index is 11.3.